The molecule has 0 bridgehead atoms. The zero-order valence-electron chi connectivity index (χ0n) is 14.4. The number of anilines is 1. The highest BCUT2D eigenvalue weighted by Gasteiger charge is 2.34. The standard InChI is InChI=1S/C18H23N3O2S/c1-13-14(2)20(11-12-23-3)18(19-13)24-16-9-10-21(17(16)22)15-7-5-4-6-8-15/h4-8,16H,9-12H2,1-3H3. The molecular weight excluding hydrogens is 322 g/mol. The Balaban J connectivity index is 1.75. The number of hydrogen-bond acceptors (Lipinski definition) is 4. The van der Waals surface area contributed by atoms with Gasteiger partial charge in [0.15, 0.2) is 5.16 Å². The highest BCUT2D eigenvalue weighted by Crippen LogP contribution is 2.33. The SMILES string of the molecule is COCCn1c(SC2CCN(c3ccccc3)C2=O)nc(C)c1C. The molecule has 0 N–H and O–H groups in total. The zero-order chi connectivity index (χ0) is 17.1. The van der Waals surface area contributed by atoms with Crippen LogP contribution >= 0.6 is 11.8 Å². The van der Waals surface area contributed by atoms with Gasteiger partial charge in [0, 0.05) is 31.6 Å². The van der Waals surface area contributed by atoms with Crippen LogP contribution in [-0.4, -0.2) is 41.0 Å². The molecule has 0 spiro atoms. The van der Waals surface area contributed by atoms with Crippen LogP contribution in [0, 0.1) is 13.8 Å². The molecule has 1 amide bonds. The molecule has 128 valence electrons. The average molecular weight is 345 g/mol. The largest absolute Gasteiger partial charge is 0.383 e. The van der Waals surface area contributed by atoms with E-state index in [2.05, 4.69) is 16.5 Å². The summed E-state index contributed by atoms with van der Waals surface area (Å²) in [4.78, 5) is 19.3. The van der Waals surface area contributed by atoms with Gasteiger partial charge in [0.25, 0.3) is 0 Å². The molecule has 2 heterocycles. The molecule has 1 unspecified atom stereocenters. The molecule has 2 aromatic rings. The molecule has 1 aliphatic rings. The van der Waals surface area contributed by atoms with Crippen LogP contribution in [0.25, 0.3) is 0 Å². The maximum Gasteiger partial charge on any atom is 0.240 e. The maximum atomic E-state index is 12.8. The van der Waals surface area contributed by atoms with E-state index in [1.807, 2.05) is 42.2 Å². The van der Waals surface area contributed by atoms with E-state index in [9.17, 15) is 4.79 Å². The van der Waals surface area contributed by atoms with Gasteiger partial charge in [-0.1, -0.05) is 30.0 Å². The van der Waals surface area contributed by atoms with E-state index in [0.717, 1.165) is 41.7 Å². The Hall–Kier alpha value is -1.79. The van der Waals surface area contributed by atoms with Gasteiger partial charge in [0.1, 0.15) is 0 Å². The van der Waals surface area contributed by atoms with Crippen LogP contribution in [0.15, 0.2) is 35.5 Å². The fourth-order valence-corrected chi connectivity index (χ4v) is 4.16. The highest BCUT2D eigenvalue weighted by atomic mass is 32.2. The Kier molecular flexibility index (Phi) is 5.26. The summed E-state index contributed by atoms with van der Waals surface area (Å²) >= 11 is 1.57. The quantitative estimate of drug-likeness (QED) is 0.807. The van der Waals surface area contributed by atoms with E-state index in [0.29, 0.717) is 6.61 Å². The number of aromatic nitrogens is 2. The van der Waals surface area contributed by atoms with E-state index in [1.165, 1.54) is 0 Å². The number of benzene rings is 1. The third kappa shape index (κ3) is 3.35. The second kappa shape index (κ2) is 7.40. The van der Waals surface area contributed by atoms with Gasteiger partial charge in [-0.05, 0) is 32.4 Å². The van der Waals surface area contributed by atoms with Gasteiger partial charge >= 0.3 is 0 Å². The lowest BCUT2D eigenvalue weighted by molar-refractivity contribution is -0.116. The number of ether oxygens (including phenoxy) is 1. The van der Waals surface area contributed by atoms with Crippen molar-refractivity contribution < 1.29 is 9.53 Å². The number of nitrogens with zero attached hydrogens (tertiary/aromatic N) is 3. The number of amides is 1. The van der Waals surface area contributed by atoms with Gasteiger partial charge in [-0.2, -0.15) is 0 Å². The molecule has 0 radical (unpaired) electrons. The molecule has 0 aliphatic carbocycles. The lowest BCUT2D eigenvalue weighted by Gasteiger charge is -2.16. The van der Waals surface area contributed by atoms with Crippen molar-refractivity contribution >= 4 is 23.4 Å². The van der Waals surface area contributed by atoms with Crippen LogP contribution in [0.3, 0.4) is 0 Å². The predicted octanol–water partition coefficient (Wildman–Crippen LogP) is 3.04. The molecule has 1 aliphatic heterocycles. The van der Waals surface area contributed by atoms with Gasteiger partial charge in [0.2, 0.25) is 5.91 Å². The summed E-state index contributed by atoms with van der Waals surface area (Å²) in [5.41, 5.74) is 3.12. The second-order valence-electron chi connectivity index (χ2n) is 5.93. The first-order valence-electron chi connectivity index (χ1n) is 8.17. The number of aryl methyl sites for hydroxylation is 1. The molecule has 1 atom stereocenters. The Morgan fingerprint density at radius 2 is 2.04 bits per heavy atom. The van der Waals surface area contributed by atoms with Crippen LogP contribution in [0.2, 0.25) is 0 Å². The molecular formula is C18H23N3O2S. The van der Waals surface area contributed by atoms with Crippen molar-refractivity contribution in [2.24, 2.45) is 0 Å². The van der Waals surface area contributed by atoms with Gasteiger partial charge in [-0.25, -0.2) is 4.98 Å². The second-order valence-corrected chi connectivity index (χ2v) is 7.10. The van der Waals surface area contributed by atoms with Crippen molar-refractivity contribution in [2.45, 2.75) is 37.2 Å². The summed E-state index contributed by atoms with van der Waals surface area (Å²) < 4.78 is 7.35. The van der Waals surface area contributed by atoms with Crippen LogP contribution in [-0.2, 0) is 16.1 Å². The Morgan fingerprint density at radius 3 is 2.75 bits per heavy atom. The lowest BCUT2D eigenvalue weighted by atomic mass is 10.3. The number of carbonyl (C=O) groups is 1. The van der Waals surface area contributed by atoms with E-state index >= 15 is 0 Å². The molecule has 1 saturated heterocycles. The first-order valence-corrected chi connectivity index (χ1v) is 9.05. The van der Waals surface area contributed by atoms with Gasteiger partial charge in [0.05, 0.1) is 17.6 Å². The topological polar surface area (TPSA) is 47.4 Å². The monoisotopic (exact) mass is 345 g/mol. The average Bonchev–Trinajstić information content (AvgIpc) is 3.08. The van der Waals surface area contributed by atoms with Gasteiger partial charge in [-0.3, -0.25) is 4.79 Å². The molecule has 1 aromatic heterocycles. The van der Waals surface area contributed by atoms with Crippen LogP contribution in [0.1, 0.15) is 17.8 Å². The van der Waals surface area contributed by atoms with Crippen LogP contribution in [0.4, 0.5) is 5.69 Å². The minimum Gasteiger partial charge on any atom is -0.383 e. The first kappa shape index (κ1) is 17.0. The Morgan fingerprint density at radius 1 is 1.29 bits per heavy atom. The number of para-hydroxylation sites is 1. The number of methoxy groups -OCH3 is 1. The molecule has 5 nitrogen and oxygen atoms in total. The van der Waals surface area contributed by atoms with E-state index in [-0.39, 0.29) is 11.2 Å². The van der Waals surface area contributed by atoms with E-state index < -0.39 is 0 Å². The molecule has 1 aromatic carbocycles. The third-order valence-corrected chi connectivity index (χ3v) is 5.66. The minimum atomic E-state index is -0.0762. The summed E-state index contributed by atoms with van der Waals surface area (Å²) in [7, 11) is 1.70. The maximum absolute atomic E-state index is 12.8. The fraction of sp³-hybridized carbons (Fsp3) is 0.444. The van der Waals surface area contributed by atoms with Crippen molar-refractivity contribution in [1.82, 2.24) is 9.55 Å². The zero-order valence-corrected chi connectivity index (χ0v) is 15.2. The van der Waals surface area contributed by atoms with Gasteiger partial charge < -0.3 is 14.2 Å². The summed E-state index contributed by atoms with van der Waals surface area (Å²) in [6.07, 6.45) is 0.841. The molecule has 0 saturated carbocycles. The minimum absolute atomic E-state index is 0.0762. The fourth-order valence-electron chi connectivity index (χ4n) is 2.91. The van der Waals surface area contributed by atoms with Crippen molar-refractivity contribution in [3.05, 3.63) is 41.7 Å². The van der Waals surface area contributed by atoms with E-state index in [4.69, 9.17) is 4.74 Å². The molecule has 6 heteroatoms. The van der Waals surface area contributed by atoms with E-state index in [1.54, 1.807) is 18.9 Å². The predicted molar refractivity (Wildman–Crippen MR) is 96.6 cm³/mol. The Labute approximate surface area is 147 Å². The first-order chi connectivity index (χ1) is 11.6. The van der Waals surface area contributed by atoms with Crippen LogP contribution in [0.5, 0.6) is 0 Å². The highest BCUT2D eigenvalue weighted by molar-refractivity contribution is 8.00. The summed E-state index contributed by atoms with van der Waals surface area (Å²) in [6.45, 7) is 6.23. The summed E-state index contributed by atoms with van der Waals surface area (Å²) in [5, 5.41) is 0.836. The normalized spacial score (nSPS) is 17.7. The number of carbonyl (C=O) groups excluding carboxylic acids is 1. The summed E-state index contributed by atoms with van der Waals surface area (Å²) in [6, 6.07) is 9.87. The molecule has 3 rings (SSSR count). The van der Waals surface area contributed by atoms with Gasteiger partial charge in [-0.15, -0.1) is 0 Å². The van der Waals surface area contributed by atoms with Crippen molar-refractivity contribution in [3.8, 4) is 0 Å². The number of hydrogen-bond donors (Lipinski definition) is 0. The van der Waals surface area contributed by atoms with Crippen LogP contribution < -0.4 is 4.90 Å². The summed E-state index contributed by atoms with van der Waals surface area (Å²) in [5.74, 6) is 0.169. The Bertz CT molecular complexity index is 715. The number of thioether (sulfide) groups is 1. The molecule has 24 heavy (non-hydrogen) atoms. The van der Waals surface area contributed by atoms with Crippen molar-refractivity contribution in [1.29, 1.82) is 0 Å². The van der Waals surface area contributed by atoms with Crippen molar-refractivity contribution in [3.63, 3.8) is 0 Å². The smallest absolute Gasteiger partial charge is 0.240 e. The number of imidazole rings is 1. The third-order valence-electron chi connectivity index (χ3n) is 4.41. The number of rotatable bonds is 6. The van der Waals surface area contributed by atoms with Crippen molar-refractivity contribution in [2.75, 3.05) is 25.2 Å². The lowest BCUT2D eigenvalue weighted by Crippen LogP contribution is -2.28. The molecule has 1 fully saturated rings.